The Bertz CT molecular complexity index is 823. The lowest BCUT2D eigenvalue weighted by Gasteiger charge is -2.29. The number of nitrogens with zero attached hydrogens (tertiary/aromatic N) is 1. The monoisotopic (exact) mass is 357 g/mol. The number of aromatic nitrogens is 1. The predicted octanol–water partition coefficient (Wildman–Crippen LogP) is 5.56. The summed E-state index contributed by atoms with van der Waals surface area (Å²) < 4.78 is 0. The van der Waals surface area contributed by atoms with Gasteiger partial charge in [-0.3, -0.25) is 4.98 Å². The number of hydrogen-bond donors (Lipinski definition) is 0. The van der Waals surface area contributed by atoms with Crippen LogP contribution >= 0.6 is 0 Å². The molecule has 0 bridgehead atoms. The molecule has 1 atom stereocenters. The summed E-state index contributed by atoms with van der Waals surface area (Å²) >= 11 is 0. The van der Waals surface area contributed by atoms with E-state index in [9.17, 15) is 0 Å². The zero-order chi connectivity index (χ0) is 18.4. The van der Waals surface area contributed by atoms with Crippen molar-refractivity contribution in [1.82, 2.24) is 4.98 Å². The maximum atomic E-state index is 4.21. The van der Waals surface area contributed by atoms with Crippen molar-refractivity contribution in [2.45, 2.75) is 31.5 Å². The Morgan fingerprint density at radius 1 is 0.885 bits per heavy atom. The topological polar surface area (TPSA) is 12.9 Å². The van der Waals surface area contributed by atoms with Crippen LogP contribution in [0.3, 0.4) is 0 Å². The van der Waals surface area contributed by atoms with E-state index < -0.39 is 8.07 Å². The third kappa shape index (κ3) is 4.38. The summed E-state index contributed by atoms with van der Waals surface area (Å²) in [6.45, 7) is 8.79. The molecule has 0 saturated heterocycles. The van der Waals surface area contributed by atoms with E-state index in [-0.39, 0.29) is 0 Å². The molecule has 0 saturated carbocycles. The van der Waals surface area contributed by atoms with Crippen LogP contribution in [0.2, 0.25) is 19.1 Å². The minimum Gasteiger partial charge on any atom is -0.265 e. The lowest BCUT2D eigenvalue weighted by Crippen LogP contribution is -2.42. The van der Waals surface area contributed by atoms with Crippen molar-refractivity contribution in [2.24, 2.45) is 0 Å². The van der Waals surface area contributed by atoms with Crippen molar-refractivity contribution in [2.75, 3.05) is 0 Å². The molecule has 0 aliphatic rings. The quantitative estimate of drug-likeness (QED) is 0.398. The van der Waals surface area contributed by atoms with Crippen molar-refractivity contribution >= 4 is 13.3 Å². The van der Waals surface area contributed by atoms with Crippen LogP contribution in [0.1, 0.15) is 22.6 Å². The van der Waals surface area contributed by atoms with Crippen molar-refractivity contribution in [3.05, 3.63) is 108 Å². The Balaban J connectivity index is 1.95. The Morgan fingerprint density at radius 3 is 2.12 bits per heavy atom. The van der Waals surface area contributed by atoms with Crippen LogP contribution in [0, 0.1) is 0 Å². The molecule has 0 amide bonds. The van der Waals surface area contributed by atoms with E-state index in [1.165, 1.54) is 27.9 Å². The van der Waals surface area contributed by atoms with Gasteiger partial charge >= 0.3 is 0 Å². The number of hydrogen-bond acceptors (Lipinski definition) is 1. The van der Waals surface area contributed by atoms with Gasteiger partial charge in [0.1, 0.15) is 0 Å². The van der Waals surface area contributed by atoms with Gasteiger partial charge in [0, 0.05) is 18.3 Å². The van der Waals surface area contributed by atoms with E-state index >= 15 is 0 Å². The van der Waals surface area contributed by atoms with Gasteiger partial charge in [0.05, 0.1) is 8.07 Å². The molecule has 0 radical (unpaired) electrons. The lowest BCUT2D eigenvalue weighted by atomic mass is 9.92. The molecule has 0 fully saturated rings. The summed E-state index contributed by atoms with van der Waals surface area (Å²) in [5, 5.41) is 1.52. The minimum absolute atomic E-state index is 0.401. The first-order chi connectivity index (χ1) is 12.6. The summed E-state index contributed by atoms with van der Waals surface area (Å²) in [7, 11) is -1.57. The van der Waals surface area contributed by atoms with Crippen molar-refractivity contribution in [3.8, 4) is 0 Å². The molecule has 1 unspecified atom stereocenters. The molecule has 0 aliphatic carbocycles. The first-order valence-corrected chi connectivity index (χ1v) is 12.5. The highest BCUT2D eigenvalue weighted by molar-refractivity contribution is 6.89. The highest BCUT2D eigenvalue weighted by Crippen LogP contribution is 2.33. The maximum absolute atomic E-state index is 4.21. The highest BCUT2D eigenvalue weighted by Gasteiger charge is 2.29. The SMILES string of the molecule is C=CCc1ccc(C(C[Si](C)(C)c2ccccc2)c2ccncc2)cc1. The predicted molar refractivity (Wildman–Crippen MR) is 115 cm³/mol. The largest absolute Gasteiger partial charge is 0.265 e. The molecule has 26 heavy (non-hydrogen) atoms. The molecule has 3 aromatic rings. The summed E-state index contributed by atoms with van der Waals surface area (Å²) in [4.78, 5) is 4.21. The number of rotatable bonds is 7. The molecule has 132 valence electrons. The van der Waals surface area contributed by atoms with Gasteiger partial charge in [-0.25, -0.2) is 0 Å². The third-order valence-corrected chi connectivity index (χ3v) is 8.47. The molecule has 1 heterocycles. The number of pyridine rings is 1. The molecule has 0 spiro atoms. The molecule has 2 aromatic carbocycles. The van der Waals surface area contributed by atoms with Crippen LogP contribution in [0.5, 0.6) is 0 Å². The fourth-order valence-electron chi connectivity index (χ4n) is 3.59. The van der Waals surface area contributed by atoms with E-state index in [0.717, 1.165) is 6.42 Å². The van der Waals surface area contributed by atoms with Gasteiger partial charge in [-0.1, -0.05) is 79.0 Å². The van der Waals surface area contributed by atoms with Gasteiger partial charge in [0.2, 0.25) is 0 Å². The maximum Gasteiger partial charge on any atom is 0.0815 e. The lowest BCUT2D eigenvalue weighted by molar-refractivity contribution is 0.895. The minimum atomic E-state index is -1.57. The first kappa shape index (κ1) is 18.3. The van der Waals surface area contributed by atoms with Gasteiger partial charge in [-0.05, 0) is 41.3 Å². The van der Waals surface area contributed by atoms with Crippen LogP contribution in [-0.4, -0.2) is 13.1 Å². The van der Waals surface area contributed by atoms with Crippen LogP contribution in [0.15, 0.2) is 91.8 Å². The van der Waals surface area contributed by atoms with Gasteiger partial charge in [0.25, 0.3) is 0 Å². The Morgan fingerprint density at radius 2 is 1.50 bits per heavy atom. The van der Waals surface area contributed by atoms with Crippen molar-refractivity contribution in [3.63, 3.8) is 0 Å². The fourth-order valence-corrected chi connectivity index (χ4v) is 6.42. The van der Waals surface area contributed by atoms with Crippen LogP contribution in [0.25, 0.3) is 0 Å². The second-order valence-electron chi connectivity index (χ2n) is 7.52. The fraction of sp³-hybridized carbons (Fsp3) is 0.208. The molecule has 1 aromatic heterocycles. The second kappa shape index (κ2) is 8.28. The molecular weight excluding hydrogens is 330 g/mol. The van der Waals surface area contributed by atoms with Crippen molar-refractivity contribution < 1.29 is 0 Å². The number of benzene rings is 2. The van der Waals surface area contributed by atoms with E-state index in [1.54, 1.807) is 0 Å². The average molecular weight is 358 g/mol. The Labute approximate surface area is 158 Å². The second-order valence-corrected chi connectivity index (χ2v) is 12.3. The van der Waals surface area contributed by atoms with Gasteiger partial charge in [0.15, 0.2) is 0 Å². The summed E-state index contributed by atoms with van der Waals surface area (Å²) in [5.74, 6) is 0.401. The van der Waals surface area contributed by atoms with Crippen LogP contribution in [0.4, 0.5) is 0 Å². The Kier molecular flexibility index (Phi) is 5.84. The molecule has 2 heteroatoms. The summed E-state index contributed by atoms with van der Waals surface area (Å²) in [6, 6.07) is 25.6. The highest BCUT2D eigenvalue weighted by atomic mass is 28.3. The molecule has 1 nitrogen and oxygen atoms in total. The molecular formula is C24H27NSi. The average Bonchev–Trinajstić information content (AvgIpc) is 2.69. The number of allylic oxidation sites excluding steroid dienone is 1. The van der Waals surface area contributed by atoms with E-state index in [0.29, 0.717) is 5.92 Å². The Hall–Kier alpha value is -2.45. The van der Waals surface area contributed by atoms with Crippen molar-refractivity contribution in [1.29, 1.82) is 0 Å². The summed E-state index contributed by atoms with van der Waals surface area (Å²) in [5.41, 5.74) is 4.06. The van der Waals surface area contributed by atoms with Crippen LogP contribution in [-0.2, 0) is 6.42 Å². The van der Waals surface area contributed by atoms with Gasteiger partial charge < -0.3 is 0 Å². The molecule has 3 rings (SSSR count). The van der Waals surface area contributed by atoms with E-state index in [1.807, 2.05) is 18.5 Å². The molecule has 0 aliphatic heterocycles. The van der Waals surface area contributed by atoms with Gasteiger partial charge in [-0.2, -0.15) is 0 Å². The third-order valence-electron chi connectivity index (χ3n) is 5.14. The zero-order valence-electron chi connectivity index (χ0n) is 15.7. The van der Waals surface area contributed by atoms with E-state index in [4.69, 9.17) is 0 Å². The van der Waals surface area contributed by atoms with Gasteiger partial charge in [-0.15, -0.1) is 6.58 Å². The summed E-state index contributed by atoms with van der Waals surface area (Å²) in [6.07, 6.45) is 6.70. The first-order valence-electron chi connectivity index (χ1n) is 9.25. The van der Waals surface area contributed by atoms with E-state index in [2.05, 4.69) is 91.4 Å². The zero-order valence-corrected chi connectivity index (χ0v) is 16.7. The molecule has 0 N–H and O–H groups in total. The smallest absolute Gasteiger partial charge is 0.0815 e. The standard InChI is InChI=1S/C24H27NSi/c1-4-8-20-11-13-21(14-12-20)24(22-15-17-25-18-16-22)19-26(2,3)23-9-6-5-7-10-23/h4-7,9-18,24H,1,8,19H2,2-3H3. The normalized spacial score (nSPS) is 12.5. The van der Waals surface area contributed by atoms with Crippen LogP contribution < -0.4 is 5.19 Å².